The van der Waals surface area contributed by atoms with Crippen LogP contribution in [-0.4, -0.2) is 22.4 Å². The first-order chi connectivity index (χ1) is 11.2. The first-order valence-electron chi connectivity index (χ1n) is 7.35. The lowest BCUT2D eigenvalue weighted by molar-refractivity contribution is 0.942. The van der Waals surface area contributed by atoms with E-state index in [1.807, 2.05) is 6.07 Å². The zero-order valence-corrected chi connectivity index (χ0v) is 13.7. The molecule has 1 aromatic heterocycles. The Bertz CT molecular complexity index is 908. The van der Waals surface area contributed by atoms with Crippen LogP contribution in [-0.2, 0) is 7.05 Å². The van der Waals surface area contributed by atoms with Gasteiger partial charge in [0.1, 0.15) is 0 Å². The van der Waals surface area contributed by atoms with E-state index in [-0.39, 0.29) is 0 Å². The maximum absolute atomic E-state index is 5.09. The fourth-order valence-electron chi connectivity index (χ4n) is 2.64. The molecule has 23 heavy (non-hydrogen) atoms. The van der Waals surface area contributed by atoms with Gasteiger partial charge in [-0.15, -0.1) is 6.58 Å². The number of nitrogens with one attached hydrogen (secondary N) is 2. The van der Waals surface area contributed by atoms with Gasteiger partial charge in [0.15, 0.2) is 5.11 Å². The smallest absolute Gasteiger partial charge is 0.187 e. The summed E-state index contributed by atoms with van der Waals surface area (Å²) in [5, 5.41) is 10.1. The van der Waals surface area contributed by atoms with Crippen LogP contribution in [0.15, 0.2) is 60.2 Å². The van der Waals surface area contributed by atoms with E-state index in [2.05, 4.69) is 70.4 Å². The molecule has 0 aliphatic rings. The van der Waals surface area contributed by atoms with E-state index < -0.39 is 0 Å². The van der Waals surface area contributed by atoms with Crippen molar-refractivity contribution in [3.63, 3.8) is 0 Å². The van der Waals surface area contributed by atoms with Gasteiger partial charge in [-0.05, 0) is 36.0 Å². The van der Waals surface area contributed by atoms with E-state index in [1.165, 1.54) is 21.8 Å². The molecule has 0 aliphatic heterocycles. The highest BCUT2D eigenvalue weighted by Crippen LogP contribution is 2.28. The molecule has 0 radical (unpaired) electrons. The summed E-state index contributed by atoms with van der Waals surface area (Å²) in [6.45, 7) is 4.24. The topological polar surface area (TPSA) is 41.4 Å². The predicted octanol–water partition coefficient (Wildman–Crippen LogP) is 3.32. The number of nitrogens with zero attached hydrogens (tertiary/aromatic N) is 2. The second kappa shape index (κ2) is 6.62. The summed E-state index contributed by atoms with van der Waals surface area (Å²) in [6.07, 6.45) is 3.51. The van der Waals surface area contributed by atoms with Crippen molar-refractivity contribution >= 4 is 45.4 Å². The number of aromatic nitrogens is 1. The number of hydrogen-bond donors (Lipinski definition) is 2. The van der Waals surface area contributed by atoms with Gasteiger partial charge in [-0.25, -0.2) is 0 Å². The zero-order valence-electron chi connectivity index (χ0n) is 12.9. The minimum absolute atomic E-state index is 0.479. The predicted molar refractivity (Wildman–Crippen MR) is 102 cm³/mol. The summed E-state index contributed by atoms with van der Waals surface area (Å²) in [5.74, 6) is 0. The van der Waals surface area contributed by atoms with Gasteiger partial charge in [0.2, 0.25) is 0 Å². The van der Waals surface area contributed by atoms with Crippen LogP contribution in [0.5, 0.6) is 0 Å². The highest BCUT2D eigenvalue weighted by molar-refractivity contribution is 7.80. The molecular weight excluding hydrogens is 304 g/mol. The lowest BCUT2D eigenvalue weighted by Crippen LogP contribution is -2.31. The zero-order chi connectivity index (χ0) is 16.2. The summed E-state index contributed by atoms with van der Waals surface area (Å²) in [7, 11) is 2.09. The molecule has 5 heteroatoms. The molecule has 1 heterocycles. The Labute approximate surface area is 140 Å². The molecule has 3 rings (SSSR count). The van der Waals surface area contributed by atoms with Crippen molar-refractivity contribution in [3.05, 3.63) is 60.7 Å². The van der Waals surface area contributed by atoms with E-state index in [0.29, 0.717) is 11.7 Å². The molecule has 0 unspecified atom stereocenters. The average Bonchev–Trinajstić information content (AvgIpc) is 2.86. The quantitative estimate of drug-likeness (QED) is 0.335. The minimum Gasteiger partial charge on any atom is -0.358 e. The standard InChI is InChI=1S/C18H18N4S/c1-3-10-19-18(23)21-20-12-13-8-9-17-15(11-13)14-6-4-5-7-16(14)22(17)2/h3-9,11-12H,1,10H2,2H3,(H2,19,21,23)/b20-12+. The minimum atomic E-state index is 0.479. The van der Waals surface area contributed by atoms with Gasteiger partial charge in [-0.3, -0.25) is 5.43 Å². The van der Waals surface area contributed by atoms with Crippen molar-refractivity contribution in [2.24, 2.45) is 12.1 Å². The fourth-order valence-corrected chi connectivity index (χ4v) is 2.77. The Kier molecular flexibility index (Phi) is 4.39. The molecule has 0 bridgehead atoms. The first kappa shape index (κ1) is 15.2. The molecule has 0 saturated carbocycles. The molecule has 116 valence electrons. The lowest BCUT2D eigenvalue weighted by Gasteiger charge is -2.03. The fraction of sp³-hybridized carbons (Fsp3) is 0.111. The van der Waals surface area contributed by atoms with Crippen molar-refractivity contribution < 1.29 is 0 Å². The van der Waals surface area contributed by atoms with E-state index in [0.717, 1.165) is 5.56 Å². The van der Waals surface area contributed by atoms with Crippen molar-refractivity contribution in [2.75, 3.05) is 6.54 Å². The first-order valence-corrected chi connectivity index (χ1v) is 7.76. The number of aryl methyl sites for hydroxylation is 1. The van der Waals surface area contributed by atoms with Gasteiger partial charge >= 0.3 is 0 Å². The van der Waals surface area contributed by atoms with Crippen molar-refractivity contribution in [1.82, 2.24) is 15.3 Å². The maximum Gasteiger partial charge on any atom is 0.187 e. The van der Waals surface area contributed by atoms with Crippen LogP contribution < -0.4 is 10.7 Å². The van der Waals surface area contributed by atoms with Gasteiger partial charge in [0.05, 0.1) is 6.21 Å². The molecule has 3 aromatic rings. The van der Waals surface area contributed by atoms with E-state index in [9.17, 15) is 0 Å². The average molecular weight is 322 g/mol. The van der Waals surface area contributed by atoms with E-state index in [4.69, 9.17) is 12.2 Å². The number of hydrogen-bond acceptors (Lipinski definition) is 2. The molecule has 4 nitrogen and oxygen atoms in total. The second-order valence-corrected chi connectivity index (χ2v) is 5.63. The van der Waals surface area contributed by atoms with Crippen LogP contribution in [0, 0.1) is 0 Å². The molecule has 2 aromatic carbocycles. The van der Waals surface area contributed by atoms with Gasteiger partial charge in [0, 0.05) is 35.4 Å². The number of fused-ring (bicyclic) bond motifs is 3. The summed E-state index contributed by atoms with van der Waals surface area (Å²) in [5.41, 5.74) is 6.25. The molecular formula is C18H18N4S. The van der Waals surface area contributed by atoms with Crippen LogP contribution >= 0.6 is 12.2 Å². The lowest BCUT2D eigenvalue weighted by atomic mass is 10.1. The normalized spacial score (nSPS) is 11.2. The molecule has 0 aliphatic carbocycles. The van der Waals surface area contributed by atoms with Crippen molar-refractivity contribution in [3.8, 4) is 0 Å². The highest BCUT2D eigenvalue weighted by Gasteiger charge is 2.07. The van der Waals surface area contributed by atoms with Crippen molar-refractivity contribution in [1.29, 1.82) is 0 Å². The monoisotopic (exact) mass is 322 g/mol. The number of benzene rings is 2. The Morgan fingerprint density at radius 2 is 2.00 bits per heavy atom. The number of rotatable bonds is 4. The largest absolute Gasteiger partial charge is 0.358 e. The SMILES string of the molecule is C=CCNC(=S)N/N=C/c1ccc2c(c1)c1ccccc1n2C. The summed E-state index contributed by atoms with van der Waals surface area (Å²) in [4.78, 5) is 0. The Balaban J connectivity index is 1.87. The molecule has 0 atom stereocenters. The molecule has 0 fully saturated rings. The molecule has 0 spiro atoms. The van der Waals surface area contributed by atoms with Gasteiger partial charge < -0.3 is 9.88 Å². The number of hydrazone groups is 1. The summed E-state index contributed by atoms with van der Waals surface area (Å²) >= 11 is 5.09. The van der Waals surface area contributed by atoms with Gasteiger partial charge in [-0.2, -0.15) is 5.10 Å². The van der Waals surface area contributed by atoms with Crippen LogP contribution in [0.25, 0.3) is 21.8 Å². The third-order valence-electron chi connectivity index (χ3n) is 3.72. The number of thiocarbonyl (C=S) groups is 1. The summed E-state index contributed by atoms with van der Waals surface area (Å²) in [6, 6.07) is 14.7. The van der Waals surface area contributed by atoms with Crippen LogP contribution in [0.4, 0.5) is 0 Å². The Morgan fingerprint density at radius 3 is 2.83 bits per heavy atom. The highest BCUT2D eigenvalue weighted by atomic mass is 32.1. The van der Waals surface area contributed by atoms with Crippen LogP contribution in [0.3, 0.4) is 0 Å². The third kappa shape index (κ3) is 3.10. The van der Waals surface area contributed by atoms with Gasteiger partial charge in [-0.1, -0.05) is 30.3 Å². The summed E-state index contributed by atoms with van der Waals surface area (Å²) < 4.78 is 2.21. The maximum atomic E-state index is 5.09. The molecule has 0 amide bonds. The van der Waals surface area contributed by atoms with Crippen LogP contribution in [0.2, 0.25) is 0 Å². The second-order valence-electron chi connectivity index (χ2n) is 5.22. The molecule has 0 saturated heterocycles. The number of para-hydroxylation sites is 1. The Hall–Kier alpha value is -2.66. The third-order valence-corrected chi connectivity index (χ3v) is 3.96. The van der Waals surface area contributed by atoms with E-state index in [1.54, 1.807) is 12.3 Å². The van der Waals surface area contributed by atoms with Gasteiger partial charge in [0.25, 0.3) is 0 Å². The molecule has 2 N–H and O–H groups in total. The van der Waals surface area contributed by atoms with Crippen LogP contribution in [0.1, 0.15) is 5.56 Å². The van der Waals surface area contributed by atoms with Crippen molar-refractivity contribution in [2.45, 2.75) is 0 Å². The Morgan fingerprint density at radius 1 is 1.22 bits per heavy atom. The van der Waals surface area contributed by atoms with E-state index >= 15 is 0 Å².